The second-order valence-electron chi connectivity index (χ2n) is 5.33. The van der Waals surface area contributed by atoms with Crippen LogP contribution in [0.1, 0.15) is 12.5 Å². The van der Waals surface area contributed by atoms with Gasteiger partial charge in [0.05, 0.1) is 16.9 Å². The maximum atomic E-state index is 12.3. The van der Waals surface area contributed by atoms with Gasteiger partial charge in [0.1, 0.15) is 5.75 Å². The number of nitrogens with one attached hydrogen (secondary N) is 1. The topological polar surface area (TPSA) is 98.5 Å². The largest absolute Gasteiger partial charge is 0.497 e. The van der Waals surface area contributed by atoms with Crippen molar-refractivity contribution in [3.05, 3.63) is 64.2 Å². The fraction of sp³-hybridized carbons (Fsp3) is 0.250. The molecule has 2 aromatic carbocycles. The molecule has 1 N–H and O–H groups in total. The van der Waals surface area contributed by atoms with Crippen LogP contribution >= 0.6 is 0 Å². The maximum Gasteiger partial charge on any atom is 0.269 e. The van der Waals surface area contributed by atoms with E-state index in [0.717, 1.165) is 5.56 Å². The summed E-state index contributed by atoms with van der Waals surface area (Å²) in [7, 11) is -2.17. The first-order valence-electron chi connectivity index (χ1n) is 7.21. The first-order valence-corrected chi connectivity index (χ1v) is 8.70. The number of benzene rings is 2. The normalized spacial score (nSPS) is 12.6. The third kappa shape index (κ3) is 4.53. The van der Waals surface area contributed by atoms with E-state index in [1.165, 1.54) is 24.3 Å². The molecule has 0 amide bonds. The van der Waals surface area contributed by atoms with Gasteiger partial charge in [0.25, 0.3) is 5.69 Å². The van der Waals surface area contributed by atoms with Crippen molar-refractivity contribution in [3.8, 4) is 5.75 Å². The average Bonchev–Trinajstić information content (AvgIpc) is 2.54. The Morgan fingerprint density at radius 3 is 2.46 bits per heavy atom. The Balaban J connectivity index is 2.08. The number of sulfonamides is 1. The van der Waals surface area contributed by atoms with Gasteiger partial charge in [-0.2, -0.15) is 0 Å². The van der Waals surface area contributed by atoms with E-state index in [0.29, 0.717) is 12.2 Å². The van der Waals surface area contributed by atoms with Crippen molar-refractivity contribution in [2.75, 3.05) is 7.11 Å². The van der Waals surface area contributed by atoms with Gasteiger partial charge >= 0.3 is 0 Å². The van der Waals surface area contributed by atoms with Crippen LogP contribution in [0.3, 0.4) is 0 Å². The van der Waals surface area contributed by atoms with Gasteiger partial charge in [-0.3, -0.25) is 10.1 Å². The van der Waals surface area contributed by atoms with Crippen molar-refractivity contribution >= 4 is 15.7 Å². The van der Waals surface area contributed by atoms with Crippen LogP contribution in [-0.4, -0.2) is 26.5 Å². The van der Waals surface area contributed by atoms with Gasteiger partial charge in [-0.05, 0) is 43.2 Å². The highest BCUT2D eigenvalue weighted by molar-refractivity contribution is 7.89. The Hall–Kier alpha value is -2.45. The minimum Gasteiger partial charge on any atom is -0.497 e. The molecule has 0 aliphatic heterocycles. The molecule has 0 fully saturated rings. The van der Waals surface area contributed by atoms with Crippen molar-refractivity contribution in [1.29, 1.82) is 0 Å². The molecule has 0 heterocycles. The fourth-order valence-corrected chi connectivity index (χ4v) is 3.52. The maximum absolute atomic E-state index is 12.3. The molecule has 0 bridgehead atoms. The van der Waals surface area contributed by atoms with E-state index in [-0.39, 0.29) is 16.6 Å². The van der Waals surface area contributed by atoms with Crippen molar-refractivity contribution < 1.29 is 18.1 Å². The number of nitro groups is 1. The van der Waals surface area contributed by atoms with E-state index in [1.54, 1.807) is 14.0 Å². The van der Waals surface area contributed by atoms with Crippen LogP contribution in [0.2, 0.25) is 0 Å². The first kappa shape index (κ1) is 17.9. The smallest absolute Gasteiger partial charge is 0.269 e. The molecule has 24 heavy (non-hydrogen) atoms. The number of methoxy groups -OCH3 is 1. The van der Waals surface area contributed by atoms with Crippen LogP contribution in [0, 0.1) is 10.1 Å². The summed E-state index contributed by atoms with van der Waals surface area (Å²) in [5, 5.41) is 10.6. The molecular formula is C16H18N2O5S. The number of ether oxygens (including phenoxy) is 1. The quantitative estimate of drug-likeness (QED) is 0.611. The van der Waals surface area contributed by atoms with Crippen LogP contribution < -0.4 is 9.46 Å². The summed E-state index contributed by atoms with van der Waals surface area (Å²) in [5.41, 5.74) is 0.784. The number of hydrogen-bond donors (Lipinski definition) is 1. The van der Waals surface area contributed by atoms with Gasteiger partial charge < -0.3 is 4.74 Å². The third-order valence-electron chi connectivity index (χ3n) is 3.39. The zero-order valence-electron chi connectivity index (χ0n) is 13.3. The lowest BCUT2D eigenvalue weighted by atomic mass is 10.1. The summed E-state index contributed by atoms with van der Waals surface area (Å²) < 4.78 is 32.4. The van der Waals surface area contributed by atoms with Crippen molar-refractivity contribution in [3.63, 3.8) is 0 Å². The Kier molecular flexibility index (Phi) is 5.53. The van der Waals surface area contributed by atoms with Crippen LogP contribution in [0.5, 0.6) is 5.75 Å². The summed E-state index contributed by atoms with van der Waals surface area (Å²) in [5.74, 6) is 0.706. The van der Waals surface area contributed by atoms with E-state index < -0.39 is 14.9 Å². The van der Waals surface area contributed by atoms with Crippen molar-refractivity contribution in [1.82, 2.24) is 4.72 Å². The van der Waals surface area contributed by atoms with E-state index in [2.05, 4.69) is 4.72 Å². The van der Waals surface area contributed by atoms with Crippen LogP contribution in [-0.2, 0) is 16.4 Å². The minimum atomic E-state index is -3.74. The standard InChI is InChI=1S/C16H18N2O5S/c1-12(10-13-4-3-5-15(11-13)23-2)17-24(21,22)16-8-6-14(7-9-16)18(19)20/h3-9,11-12,17H,10H2,1-2H3. The predicted octanol–water partition coefficient (Wildman–Crippen LogP) is 2.51. The Morgan fingerprint density at radius 2 is 1.88 bits per heavy atom. The molecule has 1 atom stereocenters. The highest BCUT2D eigenvalue weighted by Gasteiger charge is 2.18. The number of rotatable bonds is 7. The Morgan fingerprint density at radius 1 is 1.21 bits per heavy atom. The van der Waals surface area contributed by atoms with Gasteiger partial charge in [0.2, 0.25) is 10.0 Å². The van der Waals surface area contributed by atoms with Crippen molar-refractivity contribution in [2.45, 2.75) is 24.3 Å². The summed E-state index contributed by atoms with van der Waals surface area (Å²) >= 11 is 0. The zero-order valence-corrected chi connectivity index (χ0v) is 14.1. The molecule has 2 aromatic rings. The van der Waals surface area contributed by atoms with E-state index >= 15 is 0 Å². The van der Waals surface area contributed by atoms with Crippen LogP contribution in [0.25, 0.3) is 0 Å². The van der Waals surface area contributed by atoms with Gasteiger partial charge in [-0.1, -0.05) is 12.1 Å². The molecular weight excluding hydrogens is 332 g/mol. The Labute approximate surface area is 140 Å². The number of nitro benzene ring substituents is 1. The molecule has 0 spiro atoms. The summed E-state index contributed by atoms with van der Waals surface area (Å²) in [4.78, 5) is 10.0. The molecule has 0 saturated carbocycles. The SMILES string of the molecule is COc1cccc(CC(C)NS(=O)(=O)c2ccc([N+](=O)[O-])cc2)c1. The number of non-ortho nitro benzene ring substituents is 1. The lowest BCUT2D eigenvalue weighted by molar-refractivity contribution is -0.384. The van der Waals surface area contributed by atoms with Gasteiger partial charge in [-0.15, -0.1) is 0 Å². The molecule has 1 unspecified atom stereocenters. The minimum absolute atomic E-state index is 0.00871. The summed E-state index contributed by atoms with van der Waals surface area (Å²) in [6.45, 7) is 1.75. The molecule has 7 nitrogen and oxygen atoms in total. The zero-order chi connectivity index (χ0) is 17.7. The molecule has 0 aliphatic rings. The molecule has 8 heteroatoms. The van der Waals surface area contributed by atoms with E-state index in [4.69, 9.17) is 4.74 Å². The molecule has 0 saturated heterocycles. The van der Waals surface area contributed by atoms with Gasteiger partial charge in [0.15, 0.2) is 0 Å². The third-order valence-corrected chi connectivity index (χ3v) is 5.00. The highest BCUT2D eigenvalue weighted by atomic mass is 32.2. The van der Waals surface area contributed by atoms with Crippen LogP contribution in [0.15, 0.2) is 53.4 Å². The van der Waals surface area contributed by atoms with Crippen LogP contribution in [0.4, 0.5) is 5.69 Å². The second-order valence-corrected chi connectivity index (χ2v) is 7.04. The monoisotopic (exact) mass is 350 g/mol. The van der Waals surface area contributed by atoms with E-state index in [9.17, 15) is 18.5 Å². The second kappa shape index (κ2) is 7.41. The molecule has 0 aromatic heterocycles. The lowest BCUT2D eigenvalue weighted by Crippen LogP contribution is -2.34. The van der Waals surface area contributed by atoms with E-state index in [1.807, 2.05) is 24.3 Å². The summed E-state index contributed by atoms with van der Waals surface area (Å²) in [6.07, 6.45) is 0.489. The molecule has 0 radical (unpaired) electrons. The molecule has 2 rings (SSSR count). The number of nitrogens with zero attached hydrogens (tertiary/aromatic N) is 1. The first-order chi connectivity index (χ1) is 11.3. The number of hydrogen-bond acceptors (Lipinski definition) is 5. The lowest BCUT2D eigenvalue weighted by Gasteiger charge is -2.15. The highest BCUT2D eigenvalue weighted by Crippen LogP contribution is 2.17. The molecule has 128 valence electrons. The van der Waals surface area contributed by atoms with Crippen molar-refractivity contribution in [2.24, 2.45) is 0 Å². The fourth-order valence-electron chi connectivity index (χ4n) is 2.27. The predicted molar refractivity (Wildman–Crippen MR) is 89.6 cm³/mol. The average molecular weight is 350 g/mol. The van der Waals surface area contributed by atoms with Gasteiger partial charge in [-0.25, -0.2) is 13.1 Å². The summed E-state index contributed by atoms with van der Waals surface area (Å²) in [6, 6.07) is 11.8. The molecule has 0 aliphatic carbocycles. The Bertz CT molecular complexity index is 819. The van der Waals surface area contributed by atoms with Gasteiger partial charge in [0, 0.05) is 18.2 Å².